The van der Waals surface area contributed by atoms with E-state index in [9.17, 15) is 14.7 Å². The van der Waals surface area contributed by atoms with Gasteiger partial charge in [0.1, 0.15) is 17.6 Å². The third-order valence-corrected chi connectivity index (χ3v) is 4.25. The van der Waals surface area contributed by atoms with E-state index in [-0.39, 0.29) is 17.7 Å². The zero-order valence-corrected chi connectivity index (χ0v) is 15.0. The molecular formula is C20H20N2O5. The van der Waals surface area contributed by atoms with Crippen LogP contribution in [0.25, 0.3) is 10.9 Å². The van der Waals surface area contributed by atoms with Crippen molar-refractivity contribution < 1.29 is 19.4 Å². The van der Waals surface area contributed by atoms with Gasteiger partial charge in [0.15, 0.2) is 0 Å². The number of amides is 1. The summed E-state index contributed by atoms with van der Waals surface area (Å²) in [6.07, 6.45) is -1.01. The van der Waals surface area contributed by atoms with Crippen molar-refractivity contribution in [3.63, 3.8) is 0 Å². The molecule has 1 heterocycles. The van der Waals surface area contributed by atoms with Gasteiger partial charge in [-0.05, 0) is 24.3 Å². The number of aromatic amines is 1. The highest BCUT2D eigenvalue weighted by atomic mass is 16.5. The van der Waals surface area contributed by atoms with Gasteiger partial charge in [-0.15, -0.1) is 0 Å². The summed E-state index contributed by atoms with van der Waals surface area (Å²) in [6.45, 7) is -0.0521. The molecule has 3 N–H and O–H groups in total. The number of rotatable bonds is 6. The number of hydrogen-bond donors (Lipinski definition) is 3. The minimum Gasteiger partial charge on any atom is -0.497 e. The van der Waals surface area contributed by atoms with Crippen molar-refractivity contribution in [2.24, 2.45) is 0 Å². The lowest BCUT2D eigenvalue weighted by Gasteiger charge is -2.17. The van der Waals surface area contributed by atoms with Crippen molar-refractivity contribution in [2.75, 3.05) is 20.8 Å². The summed E-state index contributed by atoms with van der Waals surface area (Å²) >= 11 is 0. The predicted octanol–water partition coefficient (Wildman–Crippen LogP) is 2.01. The Labute approximate surface area is 155 Å². The number of para-hydroxylation sites is 1. The number of aromatic nitrogens is 1. The molecule has 1 aromatic heterocycles. The topological polar surface area (TPSA) is 101 Å². The molecule has 3 aromatic rings. The van der Waals surface area contributed by atoms with E-state index in [2.05, 4.69) is 10.3 Å². The van der Waals surface area contributed by atoms with Crippen LogP contribution in [0, 0.1) is 0 Å². The number of aliphatic hydroxyl groups excluding tert-OH is 1. The summed E-state index contributed by atoms with van der Waals surface area (Å²) in [5.74, 6) is 0.606. The molecule has 0 saturated heterocycles. The van der Waals surface area contributed by atoms with Crippen molar-refractivity contribution in [3.05, 3.63) is 70.0 Å². The first kappa shape index (κ1) is 18.5. The van der Waals surface area contributed by atoms with E-state index in [1.807, 2.05) is 0 Å². The monoisotopic (exact) mass is 368 g/mol. The van der Waals surface area contributed by atoms with Crippen LogP contribution < -0.4 is 20.3 Å². The maximum absolute atomic E-state index is 12.6. The molecule has 0 aliphatic carbocycles. The molecule has 1 amide bonds. The third kappa shape index (κ3) is 3.93. The molecule has 0 aliphatic rings. The Morgan fingerprint density at radius 2 is 1.93 bits per heavy atom. The second-order valence-corrected chi connectivity index (χ2v) is 5.93. The lowest BCUT2D eigenvalue weighted by Crippen LogP contribution is -2.29. The predicted molar refractivity (Wildman–Crippen MR) is 101 cm³/mol. The number of carbonyl (C=O) groups excluding carboxylic acids is 1. The van der Waals surface area contributed by atoms with E-state index in [0.29, 0.717) is 28.0 Å². The van der Waals surface area contributed by atoms with Crippen LogP contribution in [0.3, 0.4) is 0 Å². The molecule has 1 unspecified atom stereocenters. The number of fused-ring (bicyclic) bond motifs is 1. The van der Waals surface area contributed by atoms with Crippen LogP contribution in [0.1, 0.15) is 22.0 Å². The number of methoxy groups -OCH3 is 2. The second-order valence-electron chi connectivity index (χ2n) is 5.93. The minimum absolute atomic E-state index is 0.0521. The number of benzene rings is 2. The summed E-state index contributed by atoms with van der Waals surface area (Å²) in [5.41, 5.74) is 0.950. The number of aliphatic hydroxyl groups is 1. The summed E-state index contributed by atoms with van der Waals surface area (Å²) in [4.78, 5) is 27.1. The number of carbonyl (C=O) groups is 1. The Morgan fingerprint density at radius 3 is 2.67 bits per heavy atom. The van der Waals surface area contributed by atoms with Crippen molar-refractivity contribution >= 4 is 16.8 Å². The van der Waals surface area contributed by atoms with Crippen molar-refractivity contribution in [3.8, 4) is 11.5 Å². The first-order chi connectivity index (χ1) is 13.0. The fourth-order valence-corrected chi connectivity index (χ4v) is 2.89. The second kappa shape index (κ2) is 7.92. The molecule has 1 atom stereocenters. The molecule has 0 saturated carbocycles. The Balaban J connectivity index is 1.81. The zero-order valence-electron chi connectivity index (χ0n) is 15.0. The van der Waals surface area contributed by atoms with Crippen LogP contribution in [-0.4, -0.2) is 36.8 Å². The number of hydrogen-bond acceptors (Lipinski definition) is 5. The summed E-state index contributed by atoms with van der Waals surface area (Å²) in [6, 6.07) is 13.3. The van der Waals surface area contributed by atoms with Crippen LogP contribution in [0.15, 0.2) is 53.3 Å². The lowest BCUT2D eigenvalue weighted by molar-refractivity contribution is 0.0916. The SMILES string of the molecule is COc1ccc(OC)c(C(O)CNC(=O)c2cc(=O)[nH]c3ccccc23)c1. The van der Waals surface area contributed by atoms with Gasteiger partial charge in [0, 0.05) is 29.1 Å². The van der Waals surface area contributed by atoms with Crippen LogP contribution in [-0.2, 0) is 0 Å². The van der Waals surface area contributed by atoms with Gasteiger partial charge in [0.2, 0.25) is 5.56 Å². The number of pyridine rings is 1. The molecule has 2 aromatic carbocycles. The lowest BCUT2D eigenvalue weighted by atomic mass is 10.1. The highest BCUT2D eigenvalue weighted by Crippen LogP contribution is 2.29. The molecule has 140 valence electrons. The highest BCUT2D eigenvalue weighted by molar-refractivity contribution is 6.05. The van der Waals surface area contributed by atoms with Gasteiger partial charge in [-0.3, -0.25) is 9.59 Å². The van der Waals surface area contributed by atoms with Gasteiger partial charge in [-0.25, -0.2) is 0 Å². The Hall–Kier alpha value is -3.32. The van der Waals surface area contributed by atoms with Gasteiger partial charge >= 0.3 is 0 Å². The van der Waals surface area contributed by atoms with Gasteiger partial charge in [0.25, 0.3) is 5.91 Å². The molecule has 0 aliphatic heterocycles. The average molecular weight is 368 g/mol. The summed E-state index contributed by atoms with van der Waals surface area (Å²) in [7, 11) is 3.02. The van der Waals surface area contributed by atoms with Gasteiger partial charge < -0.3 is 24.9 Å². The van der Waals surface area contributed by atoms with Gasteiger partial charge in [-0.2, -0.15) is 0 Å². The zero-order chi connectivity index (χ0) is 19.4. The first-order valence-corrected chi connectivity index (χ1v) is 8.33. The molecule has 3 rings (SSSR count). The molecule has 27 heavy (non-hydrogen) atoms. The molecule has 0 bridgehead atoms. The number of nitrogens with one attached hydrogen (secondary N) is 2. The molecule has 0 spiro atoms. The smallest absolute Gasteiger partial charge is 0.252 e. The fourth-order valence-electron chi connectivity index (χ4n) is 2.89. The van der Waals surface area contributed by atoms with Crippen LogP contribution in [0.4, 0.5) is 0 Å². The average Bonchev–Trinajstić information content (AvgIpc) is 2.70. The molecule has 7 nitrogen and oxygen atoms in total. The third-order valence-electron chi connectivity index (χ3n) is 4.25. The van der Waals surface area contributed by atoms with Crippen LogP contribution in [0.2, 0.25) is 0 Å². The molecule has 0 fully saturated rings. The molecule has 0 radical (unpaired) electrons. The number of H-pyrrole nitrogens is 1. The van der Waals surface area contributed by atoms with E-state index >= 15 is 0 Å². The van der Waals surface area contributed by atoms with E-state index < -0.39 is 12.0 Å². The quantitative estimate of drug-likeness (QED) is 0.618. The van der Waals surface area contributed by atoms with Gasteiger partial charge in [-0.1, -0.05) is 18.2 Å². The van der Waals surface area contributed by atoms with E-state index in [0.717, 1.165) is 0 Å². The summed E-state index contributed by atoms with van der Waals surface area (Å²) in [5, 5.41) is 13.8. The van der Waals surface area contributed by atoms with Gasteiger partial charge in [0.05, 0.1) is 19.8 Å². The Morgan fingerprint density at radius 1 is 1.15 bits per heavy atom. The molecule has 7 heteroatoms. The largest absolute Gasteiger partial charge is 0.497 e. The molecular weight excluding hydrogens is 348 g/mol. The van der Waals surface area contributed by atoms with Crippen molar-refractivity contribution in [1.29, 1.82) is 0 Å². The normalized spacial score (nSPS) is 11.8. The number of ether oxygens (including phenoxy) is 2. The highest BCUT2D eigenvalue weighted by Gasteiger charge is 2.17. The van der Waals surface area contributed by atoms with Crippen molar-refractivity contribution in [1.82, 2.24) is 10.3 Å². The van der Waals surface area contributed by atoms with Crippen LogP contribution >= 0.6 is 0 Å². The van der Waals surface area contributed by atoms with E-state index in [1.165, 1.54) is 20.3 Å². The minimum atomic E-state index is -1.01. The van der Waals surface area contributed by atoms with E-state index in [4.69, 9.17) is 9.47 Å². The Bertz CT molecular complexity index is 1030. The van der Waals surface area contributed by atoms with E-state index in [1.54, 1.807) is 42.5 Å². The van der Waals surface area contributed by atoms with Crippen molar-refractivity contribution in [2.45, 2.75) is 6.10 Å². The summed E-state index contributed by atoms with van der Waals surface area (Å²) < 4.78 is 10.4. The maximum Gasteiger partial charge on any atom is 0.252 e. The maximum atomic E-state index is 12.6. The van der Waals surface area contributed by atoms with Crippen LogP contribution in [0.5, 0.6) is 11.5 Å². The first-order valence-electron chi connectivity index (χ1n) is 8.33. The standard InChI is InChI=1S/C20H20N2O5/c1-26-12-7-8-18(27-2)15(9-12)17(23)11-21-20(25)14-10-19(24)22-16-6-4-3-5-13(14)16/h3-10,17,23H,11H2,1-2H3,(H,21,25)(H,22,24). The fraction of sp³-hybridized carbons (Fsp3) is 0.200. The Kier molecular flexibility index (Phi) is 5.42.